The number of fused-ring (bicyclic) bond motifs is 1. The maximum absolute atomic E-state index is 13.9. The van der Waals surface area contributed by atoms with E-state index in [9.17, 15) is 14.0 Å². The number of benzene rings is 3. The van der Waals surface area contributed by atoms with Gasteiger partial charge in [-0.15, -0.1) is 0 Å². The Morgan fingerprint density at radius 3 is 2.26 bits per heavy atom. The van der Waals surface area contributed by atoms with Crippen molar-refractivity contribution in [1.29, 1.82) is 0 Å². The summed E-state index contributed by atoms with van der Waals surface area (Å²) >= 11 is 6.32. The number of nitrogens with zero attached hydrogens (tertiary/aromatic N) is 4. The topological polar surface area (TPSA) is 47.1 Å². The van der Waals surface area contributed by atoms with Crippen LogP contribution in [0.1, 0.15) is 29.5 Å². The highest BCUT2D eigenvalue weighted by molar-refractivity contribution is 6.30. The quantitative estimate of drug-likeness (QED) is 0.443. The Morgan fingerprint density at radius 2 is 1.58 bits per heavy atom. The van der Waals surface area contributed by atoms with E-state index in [1.807, 2.05) is 29.2 Å². The molecular weight excluding hydrogens is 503 g/mol. The predicted octanol–water partition coefficient (Wildman–Crippen LogP) is 5.57. The Kier molecular flexibility index (Phi) is 6.26. The van der Waals surface area contributed by atoms with Gasteiger partial charge in [-0.25, -0.2) is 9.18 Å². The summed E-state index contributed by atoms with van der Waals surface area (Å²) in [6, 6.07) is 19.9. The molecule has 196 valence electrons. The van der Waals surface area contributed by atoms with Crippen molar-refractivity contribution in [3.05, 3.63) is 94.3 Å². The number of para-hydroxylation sites is 1. The molecule has 2 aliphatic heterocycles. The van der Waals surface area contributed by atoms with Gasteiger partial charge in [0.05, 0.1) is 11.1 Å². The van der Waals surface area contributed by atoms with E-state index >= 15 is 0 Å². The fourth-order valence-electron chi connectivity index (χ4n) is 5.80. The van der Waals surface area contributed by atoms with Crippen LogP contribution in [0.4, 0.5) is 20.6 Å². The van der Waals surface area contributed by atoms with Gasteiger partial charge in [-0.3, -0.25) is 9.69 Å². The second kappa shape index (κ2) is 9.62. The first-order valence-electron chi connectivity index (χ1n) is 13.1. The summed E-state index contributed by atoms with van der Waals surface area (Å²) in [5.74, 6) is -0.352. The fraction of sp³-hybridized carbons (Fsp3) is 0.333. The smallest absolute Gasteiger partial charge is 0.326 e. The van der Waals surface area contributed by atoms with Crippen LogP contribution in [0.15, 0.2) is 66.7 Å². The molecule has 0 radical (unpaired) electrons. The molecule has 0 aromatic heterocycles. The van der Waals surface area contributed by atoms with E-state index in [0.717, 1.165) is 29.9 Å². The highest BCUT2D eigenvalue weighted by atomic mass is 35.5. The van der Waals surface area contributed by atoms with Gasteiger partial charge < -0.3 is 14.7 Å². The van der Waals surface area contributed by atoms with Gasteiger partial charge in [-0.2, -0.15) is 0 Å². The number of urea groups is 1. The molecule has 1 aliphatic carbocycles. The van der Waals surface area contributed by atoms with E-state index < -0.39 is 5.41 Å². The average Bonchev–Trinajstić information content (AvgIpc) is 3.74. The lowest BCUT2D eigenvalue weighted by Crippen LogP contribution is -2.57. The van der Waals surface area contributed by atoms with Gasteiger partial charge in [-0.1, -0.05) is 41.9 Å². The third-order valence-electron chi connectivity index (χ3n) is 8.09. The molecule has 0 atom stereocenters. The van der Waals surface area contributed by atoms with Gasteiger partial charge in [0, 0.05) is 43.4 Å². The summed E-state index contributed by atoms with van der Waals surface area (Å²) in [5, 5.41) is 0.567. The first kappa shape index (κ1) is 24.7. The number of hydrogen-bond acceptors (Lipinski definition) is 3. The van der Waals surface area contributed by atoms with Crippen molar-refractivity contribution in [2.24, 2.45) is 0 Å². The van der Waals surface area contributed by atoms with Crippen molar-refractivity contribution in [3.63, 3.8) is 0 Å². The highest BCUT2D eigenvalue weighted by Gasteiger charge is 2.54. The minimum absolute atomic E-state index is 0.0306. The molecule has 3 aromatic carbocycles. The third-order valence-corrected chi connectivity index (χ3v) is 8.32. The standard InChI is InChI=1S/C30H30ClFN4O2/c1-21-4-2-3-5-26(21)33-14-16-34(17-15-33)29(38)36-20-35(19-22-18-24(31)8-11-27(22)36)28(37)30(12-13-30)23-6-9-25(32)10-7-23/h2-11,18H,12-17,19-20H2,1H3. The molecule has 0 bridgehead atoms. The van der Waals surface area contributed by atoms with E-state index in [2.05, 4.69) is 24.0 Å². The van der Waals surface area contributed by atoms with E-state index in [0.29, 0.717) is 37.5 Å². The van der Waals surface area contributed by atoms with Crippen molar-refractivity contribution in [2.75, 3.05) is 42.6 Å². The molecule has 2 heterocycles. The molecule has 0 N–H and O–H groups in total. The maximum atomic E-state index is 13.9. The monoisotopic (exact) mass is 532 g/mol. The van der Waals surface area contributed by atoms with Crippen LogP contribution in [0.5, 0.6) is 0 Å². The molecule has 1 saturated carbocycles. The minimum Gasteiger partial charge on any atom is -0.368 e. The van der Waals surface area contributed by atoms with Gasteiger partial charge in [0.1, 0.15) is 12.5 Å². The predicted molar refractivity (Wildman–Crippen MR) is 147 cm³/mol. The van der Waals surface area contributed by atoms with Crippen molar-refractivity contribution in [3.8, 4) is 0 Å². The number of carbonyl (C=O) groups is 2. The Bertz CT molecular complexity index is 1380. The molecule has 38 heavy (non-hydrogen) atoms. The molecule has 6 rings (SSSR count). The van der Waals surface area contributed by atoms with Crippen LogP contribution >= 0.6 is 11.6 Å². The number of rotatable bonds is 3. The van der Waals surface area contributed by atoms with E-state index in [1.165, 1.54) is 23.4 Å². The zero-order valence-corrected chi connectivity index (χ0v) is 22.1. The van der Waals surface area contributed by atoms with Crippen molar-refractivity contribution in [2.45, 2.75) is 31.7 Å². The molecular formula is C30H30ClFN4O2. The first-order chi connectivity index (χ1) is 18.4. The maximum Gasteiger partial charge on any atom is 0.326 e. The number of aryl methyl sites for hydroxylation is 1. The second-order valence-corrected chi connectivity index (χ2v) is 10.9. The van der Waals surface area contributed by atoms with Crippen LogP contribution in [-0.4, -0.2) is 54.6 Å². The summed E-state index contributed by atoms with van der Waals surface area (Å²) in [6.07, 6.45) is 1.43. The van der Waals surface area contributed by atoms with Crippen LogP contribution in [0.3, 0.4) is 0 Å². The lowest BCUT2D eigenvalue weighted by molar-refractivity contribution is -0.134. The zero-order valence-electron chi connectivity index (χ0n) is 21.4. The minimum atomic E-state index is -0.655. The van der Waals surface area contributed by atoms with Crippen LogP contribution in [-0.2, 0) is 16.8 Å². The molecule has 8 heteroatoms. The molecule has 0 unspecified atom stereocenters. The largest absolute Gasteiger partial charge is 0.368 e. The fourth-order valence-corrected chi connectivity index (χ4v) is 5.99. The SMILES string of the molecule is Cc1ccccc1N1CCN(C(=O)N2CN(C(=O)C3(c4ccc(F)cc4)CC3)Cc3cc(Cl)ccc32)CC1. The Balaban J connectivity index is 1.23. The van der Waals surface area contributed by atoms with Gasteiger partial charge >= 0.3 is 6.03 Å². The van der Waals surface area contributed by atoms with Gasteiger partial charge in [0.25, 0.3) is 0 Å². The molecule has 1 saturated heterocycles. The first-order valence-corrected chi connectivity index (χ1v) is 13.4. The Labute approximate surface area is 227 Å². The number of halogens is 2. The van der Waals surface area contributed by atoms with Crippen LogP contribution in [0, 0.1) is 12.7 Å². The average molecular weight is 533 g/mol. The summed E-state index contributed by atoms with van der Waals surface area (Å²) in [4.78, 5) is 35.4. The van der Waals surface area contributed by atoms with Crippen LogP contribution < -0.4 is 9.80 Å². The summed E-state index contributed by atoms with van der Waals surface area (Å²) in [7, 11) is 0. The lowest BCUT2D eigenvalue weighted by atomic mass is 9.93. The van der Waals surface area contributed by atoms with Gasteiger partial charge in [0.15, 0.2) is 0 Å². The second-order valence-electron chi connectivity index (χ2n) is 10.5. The molecule has 6 nitrogen and oxygen atoms in total. The molecule has 0 spiro atoms. The molecule has 3 aromatic rings. The number of anilines is 2. The van der Waals surface area contributed by atoms with Crippen LogP contribution in [0.2, 0.25) is 5.02 Å². The van der Waals surface area contributed by atoms with E-state index in [1.54, 1.807) is 28.0 Å². The molecule has 3 aliphatic rings. The van der Waals surface area contributed by atoms with E-state index in [-0.39, 0.29) is 24.4 Å². The Hall–Kier alpha value is -3.58. The van der Waals surface area contributed by atoms with Crippen molar-refractivity contribution < 1.29 is 14.0 Å². The summed E-state index contributed by atoms with van der Waals surface area (Å²) in [5.41, 5.74) is 4.22. The summed E-state index contributed by atoms with van der Waals surface area (Å²) in [6.45, 7) is 5.34. The van der Waals surface area contributed by atoms with Gasteiger partial charge in [-0.05, 0) is 72.9 Å². The Morgan fingerprint density at radius 1 is 0.868 bits per heavy atom. The van der Waals surface area contributed by atoms with Crippen molar-refractivity contribution >= 4 is 34.9 Å². The zero-order chi connectivity index (χ0) is 26.4. The number of hydrogen-bond donors (Lipinski definition) is 0. The normalized spacial score (nSPS) is 18.3. The number of piperazine rings is 1. The third kappa shape index (κ3) is 4.39. The number of amides is 3. The van der Waals surface area contributed by atoms with Crippen LogP contribution in [0.25, 0.3) is 0 Å². The summed E-state index contributed by atoms with van der Waals surface area (Å²) < 4.78 is 13.6. The lowest BCUT2D eigenvalue weighted by Gasteiger charge is -2.43. The molecule has 2 fully saturated rings. The molecule has 3 amide bonds. The highest BCUT2D eigenvalue weighted by Crippen LogP contribution is 2.50. The van der Waals surface area contributed by atoms with E-state index in [4.69, 9.17) is 11.6 Å². The van der Waals surface area contributed by atoms with Gasteiger partial charge in [0.2, 0.25) is 5.91 Å². The number of carbonyl (C=O) groups excluding carboxylic acids is 2. The van der Waals surface area contributed by atoms with Crippen molar-refractivity contribution in [1.82, 2.24) is 9.80 Å².